The van der Waals surface area contributed by atoms with Gasteiger partial charge in [0.2, 0.25) is 0 Å². The largest absolute Gasteiger partial charge is 0.370 e. The topological polar surface area (TPSA) is 41.0 Å². The molecule has 2 aromatic heterocycles. The minimum absolute atomic E-state index is 0.848. The zero-order valence-corrected chi connectivity index (χ0v) is 12.4. The van der Waals surface area contributed by atoms with Crippen molar-refractivity contribution in [2.45, 2.75) is 26.9 Å². The second kappa shape index (κ2) is 7.01. The predicted octanol–water partition coefficient (Wildman–Crippen LogP) is 2.85. The quantitative estimate of drug-likeness (QED) is 0.876. The Balaban J connectivity index is 1.97. The summed E-state index contributed by atoms with van der Waals surface area (Å²) in [6, 6.07) is 10.3. The number of aromatic nitrogens is 2. The van der Waals surface area contributed by atoms with Crippen LogP contribution in [0, 0.1) is 6.92 Å². The summed E-state index contributed by atoms with van der Waals surface area (Å²) in [5.74, 6) is 0.937. The summed E-state index contributed by atoms with van der Waals surface area (Å²) >= 11 is 0. The molecule has 0 amide bonds. The lowest BCUT2D eigenvalue weighted by molar-refractivity contribution is 0.315. The van der Waals surface area contributed by atoms with Gasteiger partial charge in [0.1, 0.15) is 5.82 Å². The van der Waals surface area contributed by atoms with Crippen molar-refractivity contribution in [1.29, 1.82) is 0 Å². The Morgan fingerprint density at radius 1 is 1.20 bits per heavy atom. The van der Waals surface area contributed by atoms with Gasteiger partial charge in [-0.05, 0) is 50.7 Å². The lowest BCUT2D eigenvalue weighted by Gasteiger charge is -2.17. The maximum absolute atomic E-state index is 4.54. The molecule has 0 saturated heterocycles. The second-order valence-electron chi connectivity index (χ2n) is 5.02. The Bertz CT molecular complexity index is 554. The number of rotatable bonds is 6. The summed E-state index contributed by atoms with van der Waals surface area (Å²) in [6.45, 7) is 6.72. The molecule has 20 heavy (non-hydrogen) atoms. The van der Waals surface area contributed by atoms with E-state index in [2.05, 4.69) is 58.4 Å². The molecule has 0 aromatic carbocycles. The van der Waals surface area contributed by atoms with E-state index in [1.807, 2.05) is 19.2 Å². The molecule has 0 saturated carbocycles. The number of pyridine rings is 2. The summed E-state index contributed by atoms with van der Waals surface area (Å²) in [4.78, 5) is 11.1. The molecule has 2 aromatic rings. The lowest BCUT2D eigenvalue weighted by atomic mass is 10.2. The van der Waals surface area contributed by atoms with Gasteiger partial charge in [0, 0.05) is 31.5 Å². The van der Waals surface area contributed by atoms with E-state index in [1.54, 1.807) is 0 Å². The van der Waals surface area contributed by atoms with Gasteiger partial charge in [-0.3, -0.25) is 9.88 Å². The van der Waals surface area contributed by atoms with E-state index in [-0.39, 0.29) is 0 Å². The first-order valence-electron chi connectivity index (χ1n) is 6.97. The lowest BCUT2D eigenvalue weighted by Crippen LogP contribution is -2.18. The first-order valence-corrected chi connectivity index (χ1v) is 6.97. The van der Waals surface area contributed by atoms with Gasteiger partial charge in [-0.2, -0.15) is 0 Å². The van der Waals surface area contributed by atoms with Gasteiger partial charge in [0.05, 0.1) is 5.69 Å². The summed E-state index contributed by atoms with van der Waals surface area (Å²) in [5, 5.41) is 3.24. The average Bonchev–Trinajstić information content (AvgIpc) is 2.39. The highest BCUT2D eigenvalue weighted by molar-refractivity contribution is 5.37. The standard InChI is InChI=1S/C16H22N4/c1-4-17-16-10-14(8-9-18-16)11-20(3)12-15-7-5-6-13(2)19-15/h5-10H,4,11-12H2,1-3H3,(H,17,18). The van der Waals surface area contributed by atoms with E-state index in [9.17, 15) is 0 Å². The zero-order valence-electron chi connectivity index (χ0n) is 12.4. The van der Waals surface area contributed by atoms with Gasteiger partial charge in [-0.1, -0.05) is 6.07 Å². The molecule has 1 N–H and O–H groups in total. The van der Waals surface area contributed by atoms with E-state index in [0.29, 0.717) is 0 Å². The third-order valence-electron chi connectivity index (χ3n) is 3.01. The van der Waals surface area contributed by atoms with Crippen molar-refractivity contribution in [3.8, 4) is 0 Å². The smallest absolute Gasteiger partial charge is 0.126 e. The molecule has 2 heterocycles. The van der Waals surface area contributed by atoms with Crippen molar-refractivity contribution in [3.63, 3.8) is 0 Å². The highest BCUT2D eigenvalue weighted by Gasteiger charge is 2.04. The molecule has 106 valence electrons. The average molecular weight is 270 g/mol. The molecule has 0 bridgehead atoms. The first-order chi connectivity index (χ1) is 9.67. The van der Waals surface area contributed by atoms with Crippen LogP contribution in [-0.2, 0) is 13.1 Å². The van der Waals surface area contributed by atoms with Crippen LogP contribution in [0.15, 0.2) is 36.5 Å². The third kappa shape index (κ3) is 4.31. The van der Waals surface area contributed by atoms with E-state index < -0.39 is 0 Å². The maximum Gasteiger partial charge on any atom is 0.126 e. The van der Waals surface area contributed by atoms with Crippen LogP contribution in [0.5, 0.6) is 0 Å². The summed E-state index contributed by atoms with van der Waals surface area (Å²) in [6.07, 6.45) is 1.85. The Morgan fingerprint density at radius 3 is 2.80 bits per heavy atom. The molecule has 4 heteroatoms. The highest BCUT2D eigenvalue weighted by Crippen LogP contribution is 2.10. The van der Waals surface area contributed by atoms with Crippen molar-refractivity contribution in [3.05, 3.63) is 53.5 Å². The van der Waals surface area contributed by atoms with Gasteiger partial charge >= 0.3 is 0 Å². The fourth-order valence-electron chi connectivity index (χ4n) is 2.18. The molecule has 0 unspecified atom stereocenters. The highest BCUT2D eigenvalue weighted by atomic mass is 15.1. The Hall–Kier alpha value is -1.94. The van der Waals surface area contributed by atoms with Gasteiger partial charge in [0.25, 0.3) is 0 Å². The fraction of sp³-hybridized carbons (Fsp3) is 0.375. The van der Waals surface area contributed by atoms with Crippen molar-refractivity contribution < 1.29 is 0 Å². The third-order valence-corrected chi connectivity index (χ3v) is 3.01. The summed E-state index contributed by atoms with van der Waals surface area (Å²) < 4.78 is 0. The van der Waals surface area contributed by atoms with E-state index in [1.165, 1.54) is 5.56 Å². The van der Waals surface area contributed by atoms with Crippen LogP contribution in [-0.4, -0.2) is 28.5 Å². The molecule has 4 nitrogen and oxygen atoms in total. The predicted molar refractivity (Wildman–Crippen MR) is 82.5 cm³/mol. The summed E-state index contributed by atoms with van der Waals surface area (Å²) in [5.41, 5.74) is 3.42. The molecule has 0 atom stereocenters. The van der Waals surface area contributed by atoms with E-state index >= 15 is 0 Å². The first kappa shape index (κ1) is 14.5. The number of aryl methyl sites for hydroxylation is 1. The van der Waals surface area contributed by atoms with Crippen molar-refractivity contribution in [2.24, 2.45) is 0 Å². The second-order valence-corrected chi connectivity index (χ2v) is 5.02. The van der Waals surface area contributed by atoms with Crippen LogP contribution in [0.4, 0.5) is 5.82 Å². The maximum atomic E-state index is 4.54. The molecular formula is C16H22N4. The normalized spacial score (nSPS) is 10.8. The van der Waals surface area contributed by atoms with Gasteiger partial charge in [-0.25, -0.2) is 4.98 Å². The Kier molecular flexibility index (Phi) is 5.07. The molecular weight excluding hydrogens is 248 g/mol. The summed E-state index contributed by atoms with van der Waals surface area (Å²) in [7, 11) is 2.11. The van der Waals surface area contributed by atoms with Gasteiger partial charge in [-0.15, -0.1) is 0 Å². The van der Waals surface area contributed by atoms with Crippen molar-refractivity contribution in [2.75, 3.05) is 18.9 Å². The van der Waals surface area contributed by atoms with E-state index in [0.717, 1.165) is 36.8 Å². The SMILES string of the molecule is CCNc1cc(CN(C)Cc2cccc(C)n2)ccn1. The number of anilines is 1. The monoisotopic (exact) mass is 270 g/mol. The minimum atomic E-state index is 0.848. The number of nitrogens with one attached hydrogen (secondary N) is 1. The van der Waals surface area contributed by atoms with Crippen LogP contribution in [0.25, 0.3) is 0 Å². The van der Waals surface area contributed by atoms with Crippen molar-refractivity contribution in [1.82, 2.24) is 14.9 Å². The van der Waals surface area contributed by atoms with Crippen LogP contribution < -0.4 is 5.32 Å². The molecule has 0 aliphatic heterocycles. The molecule has 0 fully saturated rings. The Morgan fingerprint density at radius 2 is 2.05 bits per heavy atom. The number of hydrogen-bond acceptors (Lipinski definition) is 4. The van der Waals surface area contributed by atoms with Gasteiger partial charge in [0.15, 0.2) is 0 Å². The van der Waals surface area contributed by atoms with Crippen LogP contribution >= 0.6 is 0 Å². The van der Waals surface area contributed by atoms with E-state index in [4.69, 9.17) is 0 Å². The van der Waals surface area contributed by atoms with Gasteiger partial charge < -0.3 is 5.32 Å². The number of hydrogen-bond donors (Lipinski definition) is 1. The molecule has 0 radical (unpaired) electrons. The molecule has 2 rings (SSSR count). The van der Waals surface area contributed by atoms with Crippen LogP contribution in [0.1, 0.15) is 23.9 Å². The number of nitrogens with zero attached hydrogens (tertiary/aromatic N) is 3. The molecule has 0 aliphatic rings. The van der Waals surface area contributed by atoms with Crippen molar-refractivity contribution >= 4 is 5.82 Å². The Labute approximate surface area is 120 Å². The van der Waals surface area contributed by atoms with Crippen LogP contribution in [0.3, 0.4) is 0 Å². The fourth-order valence-corrected chi connectivity index (χ4v) is 2.18. The molecule has 0 spiro atoms. The minimum Gasteiger partial charge on any atom is -0.370 e. The van der Waals surface area contributed by atoms with Crippen LogP contribution in [0.2, 0.25) is 0 Å². The molecule has 0 aliphatic carbocycles. The zero-order chi connectivity index (χ0) is 14.4.